The van der Waals surface area contributed by atoms with E-state index in [4.69, 9.17) is 0 Å². The summed E-state index contributed by atoms with van der Waals surface area (Å²) >= 11 is 0. The van der Waals surface area contributed by atoms with E-state index in [1.54, 1.807) is 13.0 Å². The van der Waals surface area contributed by atoms with E-state index >= 15 is 0 Å². The second kappa shape index (κ2) is 6.87. The summed E-state index contributed by atoms with van der Waals surface area (Å²) in [7, 11) is 1.88. The van der Waals surface area contributed by atoms with Crippen LogP contribution in [0.1, 0.15) is 60.6 Å². The third kappa shape index (κ3) is 3.48. The van der Waals surface area contributed by atoms with Crippen molar-refractivity contribution in [2.24, 2.45) is 7.05 Å². The lowest BCUT2D eigenvalue weighted by Gasteiger charge is -2.24. The van der Waals surface area contributed by atoms with Gasteiger partial charge in [-0.25, -0.2) is 4.79 Å². The van der Waals surface area contributed by atoms with E-state index in [-0.39, 0.29) is 17.7 Å². The van der Waals surface area contributed by atoms with Gasteiger partial charge in [-0.1, -0.05) is 45.0 Å². The van der Waals surface area contributed by atoms with Crippen LogP contribution in [0, 0.1) is 13.8 Å². The zero-order valence-electron chi connectivity index (χ0n) is 18.2. The number of carbonyl (C=O) groups excluding carboxylic acids is 3. The number of Topliss-reactive ketones (excluding diaryl/α,β-unsaturated/α-hetero) is 1. The maximum absolute atomic E-state index is 13.1. The molecule has 0 bridgehead atoms. The Balaban J connectivity index is 1.85. The molecule has 1 aromatic heterocycles. The van der Waals surface area contributed by atoms with Crippen LogP contribution in [0.15, 0.2) is 30.3 Å². The summed E-state index contributed by atoms with van der Waals surface area (Å²) in [6.07, 6.45) is 0. The molecule has 2 aromatic rings. The van der Waals surface area contributed by atoms with Crippen LogP contribution in [0.4, 0.5) is 4.79 Å². The average molecular weight is 396 g/mol. The second-order valence-corrected chi connectivity index (χ2v) is 9.04. The molecule has 3 rings (SSSR count). The predicted octanol–water partition coefficient (Wildman–Crippen LogP) is 3.59. The SMILES string of the molecule is Cc1cc(C(=O)CN2C(=O)NC(C)(c3ccc(C(C)(C)C)cc3)C2=O)c(C)n1C. The topological polar surface area (TPSA) is 71.4 Å². The molecular weight excluding hydrogens is 366 g/mol. The van der Waals surface area contributed by atoms with Gasteiger partial charge < -0.3 is 9.88 Å². The van der Waals surface area contributed by atoms with Crippen molar-refractivity contribution in [1.29, 1.82) is 0 Å². The molecule has 6 nitrogen and oxygen atoms in total. The number of hydrogen-bond acceptors (Lipinski definition) is 3. The summed E-state index contributed by atoms with van der Waals surface area (Å²) in [6.45, 7) is 11.5. The highest BCUT2D eigenvalue weighted by molar-refractivity contribution is 6.11. The van der Waals surface area contributed by atoms with Crippen molar-refractivity contribution in [1.82, 2.24) is 14.8 Å². The number of rotatable bonds is 4. The Labute approximate surface area is 171 Å². The van der Waals surface area contributed by atoms with Crippen molar-refractivity contribution in [3.05, 3.63) is 58.4 Å². The van der Waals surface area contributed by atoms with Crippen LogP contribution >= 0.6 is 0 Å². The van der Waals surface area contributed by atoms with Crippen LogP contribution in [0.5, 0.6) is 0 Å². The lowest BCUT2D eigenvalue weighted by molar-refractivity contribution is -0.130. The van der Waals surface area contributed by atoms with Crippen molar-refractivity contribution in [2.45, 2.75) is 52.5 Å². The summed E-state index contributed by atoms with van der Waals surface area (Å²) in [6, 6.07) is 8.94. The quantitative estimate of drug-likeness (QED) is 0.635. The Kier molecular flexibility index (Phi) is 4.93. The summed E-state index contributed by atoms with van der Waals surface area (Å²) in [5.74, 6) is -0.660. The third-order valence-corrected chi connectivity index (χ3v) is 5.98. The van der Waals surface area contributed by atoms with Gasteiger partial charge in [0.2, 0.25) is 0 Å². The number of imide groups is 1. The Bertz CT molecular complexity index is 996. The number of hydrogen-bond donors (Lipinski definition) is 1. The Morgan fingerprint density at radius 3 is 2.17 bits per heavy atom. The highest BCUT2D eigenvalue weighted by Crippen LogP contribution is 2.31. The van der Waals surface area contributed by atoms with E-state index in [9.17, 15) is 14.4 Å². The predicted molar refractivity (Wildman–Crippen MR) is 112 cm³/mol. The fourth-order valence-corrected chi connectivity index (χ4v) is 3.71. The summed E-state index contributed by atoms with van der Waals surface area (Å²) in [4.78, 5) is 39.5. The molecule has 0 radical (unpaired) electrons. The van der Waals surface area contributed by atoms with E-state index in [0.29, 0.717) is 11.1 Å². The van der Waals surface area contributed by atoms with Crippen LogP contribution in [-0.2, 0) is 22.8 Å². The van der Waals surface area contributed by atoms with Crippen molar-refractivity contribution in [2.75, 3.05) is 6.54 Å². The largest absolute Gasteiger partial charge is 0.351 e. The van der Waals surface area contributed by atoms with Gasteiger partial charge in [0.05, 0.1) is 6.54 Å². The fourth-order valence-electron chi connectivity index (χ4n) is 3.71. The third-order valence-electron chi connectivity index (χ3n) is 5.98. The number of aryl methyl sites for hydroxylation is 1. The first-order valence-corrected chi connectivity index (χ1v) is 9.77. The van der Waals surface area contributed by atoms with E-state index in [1.165, 1.54) is 0 Å². The zero-order valence-corrected chi connectivity index (χ0v) is 18.2. The maximum Gasteiger partial charge on any atom is 0.325 e. The average Bonchev–Trinajstić information content (AvgIpc) is 3.03. The molecule has 1 N–H and O–H groups in total. The first-order valence-electron chi connectivity index (χ1n) is 9.77. The summed E-state index contributed by atoms with van der Waals surface area (Å²) < 4.78 is 1.92. The molecule has 0 saturated carbocycles. The minimum atomic E-state index is -1.19. The van der Waals surface area contributed by atoms with Gasteiger partial charge in [-0.3, -0.25) is 14.5 Å². The van der Waals surface area contributed by atoms with Crippen molar-refractivity contribution in [3.8, 4) is 0 Å². The van der Waals surface area contributed by atoms with Gasteiger partial charge in [0.15, 0.2) is 5.78 Å². The summed E-state index contributed by atoms with van der Waals surface area (Å²) in [5, 5.41) is 2.77. The van der Waals surface area contributed by atoms with Gasteiger partial charge in [0, 0.05) is 24.0 Å². The van der Waals surface area contributed by atoms with E-state index in [0.717, 1.165) is 21.9 Å². The van der Waals surface area contributed by atoms with E-state index in [1.807, 2.05) is 49.7 Å². The summed E-state index contributed by atoms with van der Waals surface area (Å²) in [5.41, 5.74) is 2.96. The number of benzene rings is 1. The number of carbonyl (C=O) groups is 3. The molecule has 1 aromatic carbocycles. The van der Waals surface area contributed by atoms with Crippen LogP contribution < -0.4 is 5.32 Å². The molecule has 0 spiro atoms. The fraction of sp³-hybridized carbons (Fsp3) is 0.435. The molecule has 1 atom stereocenters. The van der Waals surface area contributed by atoms with Crippen LogP contribution in [0.2, 0.25) is 0 Å². The standard InChI is InChI=1S/C23H29N3O3/c1-14-12-18(15(2)25(14)7)19(27)13-26-20(28)23(6,24-21(26)29)17-10-8-16(9-11-17)22(3,4)5/h8-12H,13H2,1-7H3,(H,24,29). The number of ketones is 1. The van der Waals surface area contributed by atoms with Gasteiger partial charge in [-0.2, -0.15) is 0 Å². The van der Waals surface area contributed by atoms with Gasteiger partial charge >= 0.3 is 6.03 Å². The molecule has 1 aliphatic rings. The highest BCUT2D eigenvalue weighted by atomic mass is 16.2. The Morgan fingerprint density at radius 1 is 1.10 bits per heavy atom. The Morgan fingerprint density at radius 2 is 1.69 bits per heavy atom. The van der Waals surface area contributed by atoms with Gasteiger partial charge in [0.25, 0.3) is 5.91 Å². The zero-order chi connectivity index (χ0) is 21.7. The number of urea groups is 1. The minimum Gasteiger partial charge on any atom is -0.351 e. The molecule has 1 fully saturated rings. The molecule has 6 heteroatoms. The molecule has 3 amide bonds. The molecule has 1 saturated heterocycles. The molecule has 2 heterocycles. The van der Waals surface area contributed by atoms with Crippen molar-refractivity contribution >= 4 is 17.7 Å². The second-order valence-electron chi connectivity index (χ2n) is 9.04. The molecule has 1 aliphatic heterocycles. The van der Waals surface area contributed by atoms with Gasteiger partial charge in [0.1, 0.15) is 5.54 Å². The number of amides is 3. The smallest absolute Gasteiger partial charge is 0.325 e. The normalized spacial score (nSPS) is 19.6. The van der Waals surface area contributed by atoms with Gasteiger partial charge in [-0.05, 0) is 43.4 Å². The van der Waals surface area contributed by atoms with Crippen molar-refractivity contribution in [3.63, 3.8) is 0 Å². The lowest BCUT2D eigenvalue weighted by Crippen LogP contribution is -2.41. The first-order chi connectivity index (χ1) is 13.4. The monoisotopic (exact) mass is 395 g/mol. The Hall–Kier alpha value is -2.89. The molecule has 1 unspecified atom stereocenters. The maximum atomic E-state index is 13.1. The highest BCUT2D eigenvalue weighted by Gasteiger charge is 2.49. The number of nitrogens with zero attached hydrogens (tertiary/aromatic N) is 2. The molecular formula is C23H29N3O3. The van der Waals surface area contributed by atoms with Crippen LogP contribution in [0.25, 0.3) is 0 Å². The van der Waals surface area contributed by atoms with Crippen molar-refractivity contribution < 1.29 is 14.4 Å². The number of nitrogens with one attached hydrogen (secondary N) is 1. The molecule has 0 aliphatic carbocycles. The molecule has 29 heavy (non-hydrogen) atoms. The lowest BCUT2D eigenvalue weighted by atomic mass is 9.84. The first kappa shape index (κ1) is 20.8. The van der Waals surface area contributed by atoms with Crippen LogP contribution in [-0.4, -0.2) is 33.7 Å². The van der Waals surface area contributed by atoms with Gasteiger partial charge in [-0.15, -0.1) is 0 Å². The van der Waals surface area contributed by atoms with Crippen LogP contribution in [0.3, 0.4) is 0 Å². The van der Waals surface area contributed by atoms with E-state index in [2.05, 4.69) is 26.1 Å². The molecule has 154 valence electrons. The minimum absolute atomic E-state index is 0.00744. The number of aromatic nitrogens is 1. The van der Waals surface area contributed by atoms with E-state index < -0.39 is 17.5 Å².